The highest BCUT2D eigenvalue weighted by Gasteiger charge is 2.19. The number of carbonyl (C=O) groups is 1. The summed E-state index contributed by atoms with van der Waals surface area (Å²) in [4.78, 5) is 20.0. The number of rotatable bonds is 5. The van der Waals surface area contributed by atoms with Crippen LogP contribution in [0.3, 0.4) is 0 Å². The summed E-state index contributed by atoms with van der Waals surface area (Å²) in [6.45, 7) is 2.03. The van der Waals surface area contributed by atoms with Gasteiger partial charge in [-0.25, -0.2) is 4.98 Å². The van der Waals surface area contributed by atoms with Gasteiger partial charge in [-0.15, -0.1) is 0 Å². The molecule has 1 saturated heterocycles. The zero-order valence-corrected chi connectivity index (χ0v) is 18.2. The van der Waals surface area contributed by atoms with E-state index in [9.17, 15) is 4.79 Å². The average molecular weight is 426 g/mol. The van der Waals surface area contributed by atoms with E-state index in [2.05, 4.69) is 45.3 Å². The Bertz CT molecular complexity index is 1230. The minimum atomic E-state index is -0.0280. The molecule has 0 bridgehead atoms. The molecule has 1 aliphatic heterocycles. The van der Waals surface area contributed by atoms with Gasteiger partial charge in [-0.05, 0) is 75.4 Å². The van der Waals surface area contributed by atoms with Crippen LogP contribution in [0.25, 0.3) is 16.7 Å². The second kappa shape index (κ2) is 8.85. The summed E-state index contributed by atoms with van der Waals surface area (Å²) in [6, 6.07) is 26.1. The quantitative estimate of drug-likeness (QED) is 0.491. The van der Waals surface area contributed by atoms with E-state index >= 15 is 0 Å². The standard InChI is InChI=1S/C26H27N5O/c1-30-16-14-20(15-17-30)27-25(32)19-8-7-9-21(18-19)28-26-29-23-12-5-6-13-24(23)31(26)22-10-3-2-4-11-22/h2-13,18,20H,14-17H2,1H3,(H,27,32)(H,28,29). The molecule has 0 spiro atoms. The number of hydrogen-bond acceptors (Lipinski definition) is 4. The molecule has 2 heterocycles. The van der Waals surface area contributed by atoms with Crippen molar-refractivity contribution in [2.75, 3.05) is 25.5 Å². The molecule has 1 aromatic heterocycles. The summed E-state index contributed by atoms with van der Waals surface area (Å²) in [6.07, 6.45) is 1.97. The number of anilines is 2. The highest BCUT2D eigenvalue weighted by molar-refractivity contribution is 5.95. The van der Waals surface area contributed by atoms with Crippen molar-refractivity contribution < 1.29 is 4.79 Å². The lowest BCUT2D eigenvalue weighted by Gasteiger charge is -2.29. The van der Waals surface area contributed by atoms with Gasteiger partial charge in [0.1, 0.15) is 0 Å². The molecule has 4 aromatic rings. The van der Waals surface area contributed by atoms with Gasteiger partial charge in [0.05, 0.1) is 11.0 Å². The van der Waals surface area contributed by atoms with Crippen molar-refractivity contribution in [2.45, 2.75) is 18.9 Å². The van der Waals surface area contributed by atoms with Gasteiger partial charge >= 0.3 is 0 Å². The molecule has 1 aliphatic rings. The van der Waals surface area contributed by atoms with E-state index in [-0.39, 0.29) is 11.9 Å². The van der Waals surface area contributed by atoms with E-state index in [1.54, 1.807) is 0 Å². The summed E-state index contributed by atoms with van der Waals surface area (Å²) in [5, 5.41) is 6.62. The molecule has 0 saturated carbocycles. The number of benzene rings is 3. The van der Waals surface area contributed by atoms with Crippen molar-refractivity contribution in [2.24, 2.45) is 0 Å². The topological polar surface area (TPSA) is 62.2 Å². The first kappa shape index (κ1) is 20.3. The minimum Gasteiger partial charge on any atom is -0.349 e. The van der Waals surface area contributed by atoms with Gasteiger partial charge in [-0.1, -0.05) is 36.4 Å². The third-order valence-electron chi connectivity index (χ3n) is 6.01. The second-order valence-electron chi connectivity index (χ2n) is 8.35. The van der Waals surface area contributed by atoms with E-state index in [1.807, 2.05) is 60.7 Å². The molecule has 6 nitrogen and oxygen atoms in total. The first-order valence-corrected chi connectivity index (χ1v) is 11.1. The van der Waals surface area contributed by atoms with Crippen LogP contribution in [-0.4, -0.2) is 46.5 Å². The molecule has 32 heavy (non-hydrogen) atoms. The van der Waals surface area contributed by atoms with Crippen LogP contribution >= 0.6 is 0 Å². The van der Waals surface area contributed by atoms with Crippen LogP contribution in [0, 0.1) is 0 Å². The van der Waals surface area contributed by atoms with E-state index in [0.717, 1.165) is 48.3 Å². The molecule has 1 fully saturated rings. The Morgan fingerprint density at radius 1 is 0.938 bits per heavy atom. The van der Waals surface area contributed by atoms with Crippen molar-refractivity contribution in [3.8, 4) is 5.69 Å². The first-order chi connectivity index (χ1) is 15.7. The fraction of sp³-hybridized carbons (Fsp3) is 0.231. The molecule has 0 atom stereocenters. The van der Waals surface area contributed by atoms with Crippen LogP contribution in [0.5, 0.6) is 0 Å². The molecule has 5 rings (SSSR count). The predicted octanol–water partition coefficient (Wildman–Crippen LogP) is 4.59. The highest BCUT2D eigenvalue weighted by Crippen LogP contribution is 2.27. The maximum Gasteiger partial charge on any atom is 0.251 e. The normalized spacial score (nSPS) is 15.0. The van der Waals surface area contributed by atoms with E-state index in [1.165, 1.54) is 0 Å². The van der Waals surface area contributed by atoms with Crippen molar-refractivity contribution >= 4 is 28.6 Å². The number of carbonyl (C=O) groups excluding carboxylic acids is 1. The molecule has 6 heteroatoms. The lowest BCUT2D eigenvalue weighted by molar-refractivity contribution is 0.0917. The molecule has 0 radical (unpaired) electrons. The van der Waals surface area contributed by atoms with Gasteiger partial charge in [0.25, 0.3) is 5.91 Å². The van der Waals surface area contributed by atoms with Crippen LogP contribution in [0.2, 0.25) is 0 Å². The largest absolute Gasteiger partial charge is 0.349 e. The lowest BCUT2D eigenvalue weighted by Crippen LogP contribution is -2.43. The fourth-order valence-corrected chi connectivity index (χ4v) is 4.24. The maximum atomic E-state index is 12.9. The van der Waals surface area contributed by atoms with Gasteiger partial charge < -0.3 is 15.5 Å². The Labute approximate surface area is 187 Å². The molecule has 2 N–H and O–H groups in total. The van der Waals surface area contributed by atoms with E-state index < -0.39 is 0 Å². The van der Waals surface area contributed by atoms with Crippen LogP contribution in [0.4, 0.5) is 11.6 Å². The van der Waals surface area contributed by atoms with Crippen molar-refractivity contribution in [1.82, 2.24) is 19.8 Å². The smallest absolute Gasteiger partial charge is 0.251 e. The fourth-order valence-electron chi connectivity index (χ4n) is 4.24. The minimum absolute atomic E-state index is 0.0280. The Hall–Kier alpha value is -3.64. The number of amides is 1. The maximum absolute atomic E-state index is 12.9. The van der Waals surface area contributed by atoms with Gasteiger partial charge in [-0.3, -0.25) is 9.36 Å². The summed E-state index contributed by atoms with van der Waals surface area (Å²) in [7, 11) is 2.12. The van der Waals surface area contributed by atoms with Crippen LogP contribution in [-0.2, 0) is 0 Å². The first-order valence-electron chi connectivity index (χ1n) is 11.1. The number of aromatic nitrogens is 2. The molecule has 0 aliphatic carbocycles. The Kier molecular flexibility index (Phi) is 5.60. The summed E-state index contributed by atoms with van der Waals surface area (Å²) < 4.78 is 2.10. The molecule has 0 unspecified atom stereocenters. The number of fused-ring (bicyclic) bond motifs is 1. The number of nitrogens with one attached hydrogen (secondary N) is 2. The summed E-state index contributed by atoms with van der Waals surface area (Å²) in [5.74, 6) is 0.685. The molecule has 162 valence electrons. The number of likely N-dealkylation sites (tertiary alicyclic amines) is 1. The monoisotopic (exact) mass is 425 g/mol. The summed E-state index contributed by atoms with van der Waals surface area (Å²) in [5.41, 5.74) is 4.44. The SMILES string of the molecule is CN1CCC(NC(=O)c2cccc(Nc3nc4ccccc4n3-c3ccccc3)c2)CC1. The number of nitrogens with zero attached hydrogens (tertiary/aromatic N) is 3. The third-order valence-corrected chi connectivity index (χ3v) is 6.01. The van der Waals surface area contributed by atoms with Gasteiger partial charge in [0.2, 0.25) is 5.95 Å². The van der Waals surface area contributed by atoms with Gasteiger partial charge in [0.15, 0.2) is 0 Å². The van der Waals surface area contributed by atoms with Crippen molar-refractivity contribution in [1.29, 1.82) is 0 Å². The van der Waals surface area contributed by atoms with Crippen LogP contribution < -0.4 is 10.6 Å². The molecule has 1 amide bonds. The summed E-state index contributed by atoms with van der Waals surface area (Å²) >= 11 is 0. The molecule has 3 aromatic carbocycles. The van der Waals surface area contributed by atoms with Gasteiger partial charge in [0, 0.05) is 23.0 Å². The number of para-hydroxylation sites is 3. The Morgan fingerprint density at radius 3 is 2.50 bits per heavy atom. The van der Waals surface area contributed by atoms with Crippen LogP contribution in [0.1, 0.15) is 23.2 Å². The van der Waals surface area contributed by atoms with E-state index in [4.69, 9.17) is 4.98 Å². The number of piperidine rings is 1. The second-order valence-corrected chi connectivity index (χ2v) is 8.35. The number of hydrogen-bond donors (Lipinski definition) is 2. The average Bonchev–Trinajstić information content (AvgIpc) is 3.19. The lowest BCUT2D eigenvalue weighted by atomic mass is 10.0. The zero-order chi connectivity index (χ0) is 21.9. The number of imidazole rings is 1. The van der Waals surface area contributed by atoms with Gasteiger partial charge in [-0.2, -0.15) is 0 Å². The van der Waals surface area contributed by atoms with Crippen LogP contribution in [0.15, 0.2) is 78.9 Å². The van der Waals surface area contributed by atoms with Crippen molar-refractivity contribution in [3.63, 3.8) is 0 Å². The Balaban J connectivity index is 1.41. The highest BCUT2D eigenvalue weighted by atomic mass is 16.1. The third kappa shape index (κ3) is 4.22. The van der Waals surface area contributed by atoms with Crippen molar-refractivity contribution in [3.05, 3.63) is 84.4 Å². The molecular formula is C26H27N5O. The molecular weight excluding hydrogens is 398 g/mol. The Morgan fingerprint density at radius 2 is 1.69 bits per heavy atom. The zero-order valence-electron chi connectivity index (χ0n) is 18.2. The van der Waals surface area contributed by atoms with E-state index in [0.29, 0.717) is 11.5 Å². The predicted molar refractivity (Wildman–Crippen MR) is 129 cm³/mol.